The molecule has 0 saturated carbocycles. The van der Waals surface area contributed by atoms with Gasteiger partial charge in [-0.1, -0.05) is 0 Å². The summed E-state index contributed by atoms with van der Waals surface area (Å²) in [6.07, 6.45) is 2.78. The summed E-state index contributed by atoms with van der Waals surface area (Å²) in [6.45, 7) is 1.83. The summed E-state index contributed by atoms with van der Waals surface area (Å²) in [4.78, 5) is 16.1. The van der Waals surface area contributed by atoms with Crippen LogP contribution in [0.5, 0.6) is 0 Å². The zero-order chi connectivity index (χ0) is 16.4. The zero-order valence-corrected chi connectivity index (χ0v) is 12.1. The van der Waals surface area contributed by atoms with Crippen LogP contribution in [-0.2, 0) is 4.74 Å². The molecular formula is C15H12F2N4O2. The van der Waals surface area contributed by atoms with Crippen LogP contribution in [0.4, 0.5) is 20.3 Å². The number of fused-ring (bicyclic) bond motifs is 1. The molecule has 0 bridgehead atoms. The lowest BCUT2D eigenvalue weighted by Crippen LogP contribution is -2.13. The van der Waals surface area contributed by atoms with Gasteiger partial charge >= 0.3 is 5.97 Å². The Morgan fingerprint density at radius 3 is 2.96 bits per heavy atom. The number of rotatable bonds is 4. The Balaban J connectivity index is 2.13. The van der Waals surface area contributed by atoms with Gasteiger partial charge in [-0.15, -0.1) is 0 Å². The molecule has 118 valence electrons. The quantitative estimate of drug-likeness (QED) is 0.749. The Kier molecular flexibility index (Phi) is 3.88. The van der Waals surface area contributed by atoms with Gasteiger partial charge in [0.1, 0.15) is 17.2 Å². The number of esters is 1. The number of hydrogen-bond donors (Lipinski definition) is 1. The first kappa shape index (κ1) is 14.9. The topological polar surface area (TPSA) is 68.5 Å². The number of benzene rings is 1. The molecule has 0 amide bonds. The Hall–Kier alpha value is -3.03. The second kappa shape index (κ2) is 5.99. The first-order valence-electron chi connectivity index (χ1n) is 6.82. The average Bonchev–Trinajstić information content (AvgIpc) is 3.00. The highest BCUT2D eigenvalue weighted by molar-refractivity contribution is 5.95. The fraction of sp³-hybridized carbons (Fsp3) is 0.133. The third-order valence-corrected chi connectivity index (χ3v) is 3.09. The minimum atomic E-state index is -0.668. The second-order valence-electron chi connectivity index (χ2n) is 4.59. The number of carbonyl (C=O) groups is 1. The number of aromatic nitrogens is 3. The highest BCUT2D eigenvalue weighted by Crippen LogP contribution is 2.24. The van der Waals surface area contributed by atoms with Crippen molar-refractivity contribution in [1.82, 2.24) is 14.6 Å². The fourth-order valence-electron chi connectivity index (χ4n) is 2.07. The smallest absolute Gasteiger partial charge is 0.343 e. The van der Waals surface area contributed by atoms with E-state index in [0.29, 0.717) is 5.65 Å². The van der Waals surface area contributed by atoms with Gasteiger partial charge in [-0.3, -0.25) is 0 Å². The molecule has 2 heterocycles. The molecule has 0 spiro atoms. The predicted octanol–water partition coefficient (Wildman–Crippen LogP) is 2.93. The average molecular weight is 318 g/mol. The lowest BCUT2D eigenvalue weighted by Gasteiger charge is -2.13. The summed E-state index contributed by atoms with van der Waals surface area (Å²) in [5, 5.41) is 6.73. The SMILES string of the molecule is CCOC(=O)c1cnc2ccnn2c1Nc1cc(F)ccc1F. The van der Waals surface area contributed by atoms with Gasteiger partial charge in [-0.2, -0.15) is 9.61 Å². The molecule has 0 aliphatic carbocycles. The summed E-state index contributed by atoms with van der Waals surface area (Å²) in [5.74, 6) is -1.78. The summed E-state index contributed by atoms with van der Waals surface area (Å²) in [6, 6.07) is 4.59. The van der Waals surface area contributed by atoms with Crippen molar-refractivity contribution in [3.8, 4) is 0 Å². The van der Waals surface area contributed by atoms with E-state index in [1.807, 2.05) is 0 Å². The zero-order valence-electron chi connectivity index (χ0n) is 12.1. The Labute approximate surface area is 129 Å². The maximum Gasteiger partial charge on any atom is 0.343 e. The highest BCUT2D eigenvalue weighted by atomic mass is 19.1. The van der Waals surface area contributed by atoms with Crippen LogP contribution >= 0.6 is 0 Å². The summed E-state index contributed by atoms with van der Waals surface area (Å²) >= 11 is 0. The van der Waals surface area contributed by atoms with Gasteiger partial charge in [0.05, 0.1) is 18.5 Å². The molecule has 0 unspecified atom stereocenters. The van der Waals surface area contributed by atoms with Crippen molar-refractivity contribution in [1.29, 1.82) is 0 Å². The molecule has 2 aromatic heterocycles. The van der Waals surface area contributed by atoms with Crippen LogP contribution in [0.2, 0.25) is 0 Å². The molecule has 0 aliphatic heterocycles. The van der Waals surface area contributed by atoms with Crippen molar-refractivity contribution in [2.45, 2.75) is 6.92 Å². The Bertz CT molecular complexity index is 879. The Morgan fingerprint density at radius 1 is 1.35 bits per heavy atom. The fourth-order valence-corrected chi connectivity index (χ4v) is 2.07. The van der Waals surface area contributed by atoms with Crippen LogP contribution in [0.1, 0.15) is 17.3 Å². The minimum Gasteiger partial charge on any atom is -0.462 e. The van der Waals surface area contributed by atoms with Crippen molar-refractivity contribution in [2.75, 3.05) is 11.9 Å². The third-order valence-electron chi connectivity index (χ3n) is 3.09. The number of nitrogens with one attached hydrogen (secondary N) is 1. The maximum absolute atomic E-state index is 13.9. The van der Waals surface area contributed by atoms with E-state index in [1.165, 1.54) is 16.9 Å². The molecule has 1 aromatic carbocycles. The van der Waals surface area contributed by atoms with E-state index in [-0.39, 0.29) is 23.7 Å². The summed E-state index contributed by atoms with van der Waals surface area (Å²) in [5.41, 5.74) is 0.377. The van der Waals surface area contributed by atoms with Gasteiger partial charge in [-0.05, 0) is 19.1 Å². The molecule has 0 atom stereocenters. The molecular weight excluding hydrogens is 306 g/mol. The summed E-state index contributed by atoms with van der Waals surface area (Å²) in [7, 11) is 0. The highest BCUT2D eigenvalue weighted by Gasteiger charge is 2.19. The van der Waals surface area contributed by atoms with Gasteiger partial charge in [0.15, 0.2) is 11.5 Å². The lowest BCUT2D eigenvalue weighted by atomic mass is 10.2. The summed E-state index contributed by atoms with van der Waals surface area (Å²) < 4.78 is 33.5. The van der Waals surface area contributed by atoms with Gasteiger partial charge in [0.25, 0.3) is 0 Å². The van der Waals surface area contributed by atoms with Crippen LogP contribution in [0, 0.1) is 11.6 Å². The molecule has 8 heteroatoms. The molecule has 3 aromatic rings. The first-order valence-corrected chi connectivity index (χ1v) is 6.82. The van der Waals surface area contributed by atoms with E-state index in [2.05, 4.69) is 15.4 Å². The lowest BCUT2D eigenvalue weighted by molar-refractivity contribution is 0.0526. The standard InChI is InChI=1S/C15H12F2N4O2/c1-2-23-15(22)10-8-18-13-5-6-19-21(13)14(10)20-12-7-9(16)3-4-11(12)17/h3-8,20H,2H2,1H3. The number of halogens is 2. The second-order valence-corrected chi connectivity index (χ2v) is 4.59. The number of nitrogens with zero attached hydrogens (tertiary/aromatic N) is 3. The van der Waals surface area contributed by atoms with E-state index < -0.39 is 17.6 Å². The van der Waals surface area contributed by atoms with Crippen molar-refractivity contribution in [3.05, 3.63) is 53.9 Å². The molecule has 23 heavy (non-hydrogen) atoms. The third kappa shape index (κ3) is 2.83. The number of hydrogen-bond acceptors (Lipinski definition) is 5. The van der Waals surface area contributed by atoms with E-state index in [9.17, 15) is 13.6 Å². The largest absolute Gasteiger partial charge is 0.462 e. The number of ether oxygens (including phenoxy) is 1. The van der Waals surface area contributed by atoms with Crippen LogP contribution in [-0.4, -0.2) is 27.2 Å². The normalized spacial score (nSPS) is 10.7. The van der Waals surface area contributed by atoms with Gasteiger partial charge in [0.2, 0.25) is 0 Å². The molecule has 1 N–H and O–H groups in total. The van der Waals surface area contributed by atoms with E-state index in [4.69, 9.17) is 4.74 Å². The predicted molar refractivity (Wildman–Crippen MR) is 78.6 cm³/mol. The molecule has 0 radical (unpaired) electrons. The van der Waals surface area contributed by atoms with Crippen molar-refractivity contribution < 1.29 is 18.3 Å². The van der Waals surface area contributed by atoms with Crippen LogP contribution in [0.25, 0.3) is 5.65 Å². The number of anilines is 2. The monoisotopic (exact) mass is 318 g/mol. The van der Waals surface area contributed by atoms with Gasteiger partial charge in [-0.25, -0.2) is 18.6 Å². The molecule has 3 rings (SSSR count). The minimum absolute atomic E-state index is 0.0618. The number of carbonyl (C=O) groups excluding carboxylic acids is 1. The van der Waals surface area contributed by atoms with E-state index >= 15 is 0 Å². The molecule has 0 fully saturated rings. The van der Waals surface area contributed by atoms with Crippen molar-refractivity contribution in [3.63, 3.8) is 0 Å². The van der Waals surface area contributed by atoms with E-state index in [0.717, 1.165) is 18.2 Å². The van der Waals surface area contributed by atoms with Crippen LogP contribution in [0.3, 0.4) is 0 Å². The van der Waals surface area contributed by atoms with Gasteiger partial charge in [0, 0.05) is 18.3 Å². The van der Waals surface area contributed by atoms with Gasteiger partial charge < -0.3 is 10.1 Å². The molecule has 0 aliphatic rings. The molecule has 6 nitrogen and oxygen atoms in total. The maximum atomic E-state index is 13.9. The van der Waals surface area contributed by atoms with Crippen LogP contribution in [0.15, 0.2) is 36.7 Å². The first-order chi connectivity index (χ1) is 11.1. The van der Waals surface area contributed by atoms with Crippen LogP contribution < -0.4 is 5.32 Å². The Morgan fingerprint density at radius 2 is 2.17 bits per heavy atom. The molecule has 0 saturated heterocycles. The van der Waals surface area contributed by atoms with Crippen molar-refractivity contribution >= 4 is 23.1 Å². The van der Waals surface area contributed by atoms with Crippen molar-refractivity contribution in [2.24, 2.45) is 0 Å². The van der Waals surface area contributed by atoms with E-state index in [1.54, 1.807) is 13.0 Å².